The van der Waals surface area contributed by atoms with Crippen molar-refractivity contribution >= 4 is 23.6 Å². The number of ether oxygens (including phenoxy) is 1. The minimum atomic E-state index is -0.263. The van der Waals surface area contributed by atoms with Gasteiger partial charge in [-0.2, -0.15) is 0 Å². The van der Waals surface area contributed by atoms with Crippen LogP contribution in [0.2, 0.25) is 0 Å². The summed E-state index contributed by atoms with van der Waals surface area (Å²) in [5.41, 5.74) is 1.32. The number of benzene rings is 2. The number of unbranched alkanes of at least 4 members (excludes halogenated alkanes) is 1. The summed E-state index contributed by atoms with van der Waals surface area (Å²) in [6, 6.07) is 17.0. The Bertz CT molecular complexity index is 863. The Morgan fingerprint density at radius 3 is 2.36 bits per heavy atom. The van der Waals surface area contributed by atoms with Crippen LogP contribution < -0.4 is 10.1 Å². The smallest absolute Gasteiger partial charge is 0.278 e. The summed E-state index contributed by atoms with van der Waals surface area (Å²) < 4.78 is 5.18. The molecule has 0 saturated heterocycles. The highest BCUT2D eigenvalue weighted by Gasteiger charge is 2.38. The summed E-state index contributed by atoms with van der Waals surface area (Å²) in [5, 5.41) is 3.19. The highest BCUT2D eigenvalue weighted by atomic mass is 32.2. The van der Waals surface area contributed by atoms with Crippen molar-refractivity contribution in [1.82, 2.24) is 10.2 Å². The second-order valence-electron chi connectivity index (χ2n) is 6.44. The van der Waals surface area contributed by atoms with Gasteiger partial charge in [0.2, 0.25) is 0 Å². The standard InChI is InChI=1S/C22H24N2O3S/c1-3-4-14-23-19-20(28-18-12-10-17(27-2)11-13-18)22(26)24(21(19)25)15-16-8-6-5-7-9-16/h5-13,23H,3-4,14-15H2,1-2H3. The molecule has 3 rings (SSSR count). The Morgan fingerprint density at radius 2 is 1.71 bits per heavy atom. The molecule has 0 saturated carbocycles. The fourth-order valence-electron chi connectivity index (χ4n) is 2.87. The second kappa shape index (κ2) is 9.46. The summed E-state index contributed by atoms with van der Waals surface area (Å²) in [5.74, 6) is 0.230. The van der Waals surface area contributed by atoms with Gasteiger partial charge in [-0.05, 0) is 36.2 Å². The van der Waals surface area contributed by atoms with Crippen LogP contribution in [-0.2, 0) is 16.1 Å². The van der Waals surface area contributed by atoms with Crippen molar-refractivity contribution < 1.29 is 14.3 Å². The van der Waals surface area contributed by atoms with Crippen LogP contribution in [0, 0.1) is 0 Å². The van der Waals surface area contributed by atoms with E-state index >= 15 is 0 Å². The lowest BCUT2D eigenvalue weighted by atomic mass is 10.2. The summed E-state index contributed by atoms with van der Waals surface area (Å²) in [6.07, 6.45) is 1.95. The fourth-order valence-corrected chi connectivity index (χ4v) is 3.83. The van der Waals surface area contributed by atoms with Gasteiger partial charge in [-0.1, -0.05) is 55.4 Å². The van der Waals surface area contributed by atoms with E-state index in [4.69, 9.17) is 4.74 Å². The van der Waals surface area contributed by atoms with Crippen LogP contribution in [0.4, 0.5) is 0 Å². The van der Waals surface area contributed by atoms with Crippen LogP contribution in [0.15, 0.2) is 70.1 Å². The third-order valence-electron chi connectivity index (χ3n) is 4.42. The summed E-state index contributed by atoms with van der Waals surface area (Å²) >= 11 is 1.31. The highest BCUT2D eigenvalue weighted by molar-refractivity contribution is 8.04. The fraction of sp³-hybridized carbons (Fsp3) is 0.273. The van der Waals surface area contributed by atoms with Gasteiger partial charge in [0.15, 0.2) is 0 Å². The first-order valence-electron chi connectivity index (χ1n) is 9.34. The zero-order chi connectivity index (χ0) is 19.9. The molecule has 0 spiro atoms. The van der Waals surface area contributed by atoms with Crippen LogP contribution >= 0.6 is 11.8 Å². The summed E-state index contributed by atoms with van der Waals surface area (Å²) in [6.45, 7) is 3.02. The largest absolute Gasteiger partial charge is 0.497 e. The number of carbonyl (C=O) groups excluding carboxylic acids is 2. The summed E-state index contributed by atoms with van der Waals surface area (Å²) in [7, 11) is 1.61. The van der Waals surface area contributed by atoms with Crippen molar-refractivity contribution in [1.29, 1.82) is 0 Å². The van der Waals surface area contributed by atoms with Crippen molar-refractivity contribution in [2.24, 2.45) is 0 Å². The molecule has 0 aliphatic carbocycles. The Labute approximate surface area is 169 Å². The monoisotopic (exact) mass is 396 g/mol. The predicted octanol–water partition coefficient (Wildman–Crippen LogP) is 3.96. The third-order valence-corrected chi connectivity index (χ3v) is 5.51. The van der Waals surface area contributed by atoms with Crippen molar-refractivity contribution in [3.05, 3.63) is 70.8 Å². The second-order valence-corrected chi connectivity index (χ2v) is 7.53. The number of nitrogens with one attached hydrogen (secondary N) is 1. The molecule has 1 N–H and O–H groups in total. The summed E-state index contributed by atoms with van der Waals surface area (Å²) in [4.78, 5) is 28.7. The van der Waals surface area contributed by atoms with E-state index in [0.29, 0.717) is 17.1 Å². The van der Waals surface area contributed by atoms with E-state index in [0.717, 1.165) is 29.1 Å². The number of imide groups is 1. The molecule has 5 nitrogen and oxygen atoms in total. The first-order valence-corrected chi connectivity index (χ1v) is 10.2. The minimum absolute atomic E-state index is 0.256. The van der Waals surface area contributed by atoms with Gasteiger partial charge in [-0.3, -0.25) is 14.5 Å². The van der Waals surface area contributed by atoms with E-state index in [1.54, 1.807) is 7.11 Å². The molecular formula is C22H24N2O3S. The Kier molecular flexibility index (Phi) is 6.76. The maximum atomic E-state index is 13.1. The van der Waals surface area contributed by atoms with Crippen molar-refractivity contribution in [3.63, 3.8) is 0 Å². The molecule has 0 unspecified atom stereocenters. The SMILES string of the molecule is CCCCNC1=C(Sc2ccc(OC)cc2)C(=O)N(Cc2ccccc2)C1=O. The molecule has 1 aliphatic rings. The van der Waals surface area contributed by atoms with E-state index in [1.165, 1.54) is 16.7 Å². The molecule has 2 aromatic rings. The molecule has 0 fully saturated rings. The predicted molar refractivity (Wildman–Crippen MR) is 111 cm³/mol. The lowest BCUT2D eigenvalue weighted by Gasteiger charge is -2.15. The molecule has 2 amide bonds. The molecule has 146 valence electrons. The number of hydrogen-bond acceptors (Lipinski definition) is 5. The van der Waals surface area contributed by atoms with Gasteiger partial charge >= 0.3 is 0 Å². The van der Waals surface area contributed by atoms with Gasteiger partial charge in [0.1, 0.15) is 16.4 Å². The Hall–Kier alpha value is -2.73. The molecule has 1 heterocycles. The Balaban J connectivity index is 1.84. The molecule has 6 heteroatoms. The van der Waals surface area contributed by atoms with Crippen molar-refractivity contribution in [3.8, 4) is 5.75 Å². The topological polar surface area (TPSA) is 58.6 Å². The maximum absolute atomic E-state index is 13.1. The molecule has 0 aromatic heterocycles. The molecule has 1 aliphatic heterocycles. The van der Waals surface area contributed by atoms with Gasteiger partial charge in [-0.15, -0.1) is 0 Å². The van der Waals surface area contributed by atoms with Crippen molar-refractivity contribution in [2.45, 2.75) is 31.2 Å². The molecule has 0 bridgehead atoms. The van der Waals surface area contributed by atoms with Gasteiger partial charge in [0.05, 0.1) is 13.7 Å². The van der Waals surface area contributed by atoms with Crippen LogP contribution in [0.1, 0.15) is 25.3 Å². The van der Waals surface area contributed by atoms with E-state index in [1.807, 2.05) is 54.6 Å². The third kappa shape index (κ3) is 4.57. The van der Waals surface area contributed by atoms with E-state index in [9.17, 15) is 9.59 Å². The lowest BCUT2D eigenvalue weighted by Crippen LogP contribution is -2.33. The van der Waals surface area contributed by atoms with E-state index < -0.39 is 0 Å². The van der Waals surface area contributed by atoms with Crippen LogP contribution in [0.5, 0.6) is 5.75 Å². The quantitative estimate of drug-likeness (QED) is 0.514. The van der Waals surface area contributed by atoms with Gasteiger partial charge in [0, 0.05) is 11.4 Å². The molecule has 2 aromatic carbocycles. The van der Waals surface area contributed by atoms with E-state index in [-0.39, 0.29) is 18.4 Å². The van der Waals surface area contributed by atoms with E-state index in [2.05, 4.69) is 12.2 Å². The first-order chi connectivity index (χ1) is 13.6. The molecular weight excluding hydrogens is 372 g/mol. The number of methoxy groups -OCH3 is 1. The van der Waals surface area contributed by atoms with Crippen LogP contribution in [0.3, 0.4) is 0 Å². The average Bonchev–Trinajstić information content (AvgIpc) is 2.94. The number of amides is 2. The lowest BCUT2D eigenvalue weighted by molar-refractivity contribution is -0.138. The zero-order valence-electron chi connectivity index (χ0n) is 16.1. The first kappa shape index (κ1) is 20.0. The van der Waals surface area contributed by atoms with Crippen LogP contribution in [-0.4, -0.2) is 30.4 Å². The number of nitrogens with zero attached hydrogens (tertiary/aromatic N) is 1. The van der Waals surface area contributed by atoms with Gasteiger partial charge in [-0.25, -0.2) is 0 Å². The van der Waals surface area contributed by atoms with Crippen molar-refractivity contribution in [2.75, 3.05) is 13.7 Å². The minimum Gasteiger partial charge on any atom is -0.497 e. The molecule has 0 atom stereocenters. The number of hydrogen-bond donors (Lipinski definition) is 1. The van der Waals surface area contributed by atoms with Gasteiger partial charge in [0.25, 0.3) is 11.8 Å². The van der Waals surface area contributed by atoms with Gasteiger partial charge < -0.3 is 10.1 Å². The number of carbonyl (C=O) groups is 2. The maximum Gasteiger partial charge on any atom is 0.278 e. The number of rotatable bonds is 9. The molecule has 0 radical (unpaired) electrons. The Morgan fingerprint density at radius 1 is 1.00 bits per heavy atom. The van der Waals surface area contributed by atoms with Crippen LogP contribution in [0.25, 0.3) is 0 Å². The average molecular weight is 397 g/mol. The highest BCUT2D eigenvalue weighted by Crippen LogP contribution is 2.35. The molecule has 28 heavy (non-hydrogen) atoms. The number of thioether (sulfide) groups is 1. The zero-order valence-corrected chi connectivity index (χ0v) is 16.9. The normalized spacial score (nSPS) is 14.0.